The minimum atomic E-state index is -0.364. The van der Waals surface area contributed by atoms with Crippen molar-refractivity contribution in [3.63, 3.8) is 0 Å². The largest absolute Gasteiger partial charge is 0.338 e. The molecule has 18 heavy (non-hydrogen) atoms. The molecule has 0 aromatic carbocycles. The summed E-state index contributed by atoms with van der Waals surface area (Å²) < 4.78 is 5.96. The summed E-state index contributed by atoms with van der Waals surface area (Å²) >= 11 is 3.33. The molecule has 2 aromatic heterocycles. The third kappa shape index (κ3) is 2.64. The number of nitrogens with zero attached hydrogens (tertiary/aromatic N) is 3. The normalized spacial score (nSPS) is 12.4. The fourth-order valence-corrected chi connectivity index (χ4v) is 1.87. The zero-order valence-corrected chi connectivity index (χ0v) is 11.6. The molecule has 0 aliphatic carbocycles. The molecule has 2 aromatic rings. The van der Waals surface area contributed by atoms with Crippen LogP contribution in [-0.4, -0.2) is 20.9 Å². The third-order valence-electron chi connectivity index (χ3n) is 2.61. The summed E-state index contributed by atoms with van der Waals surface area (Å²) in [5.74, 6) is 0.500. The van der Waals surface area contributed by atoms with E-state index in [0.29, 0.717) is 18.1 Å². The van der Waals surface area contributed by atoms with Gasteiger partial charge in [0.05, 0.1) is 5.92 Å². The van der Waals surface area contributed by atoms with E-state index in [1.165, 1.54) is 0 Å². The smallest absolute Gasteiger partial charge is 0.237 e. The van der Waals surface area contributed by atoms with E-state index in [4.69, 9.17) is 4.52 Å². The van der Waals surface area contributed by atoms with Gasteiger partial charge in [0, 0.05) is 28.9 Å². The van der Waals surface area contributed by atoms with Crippen LogP contribution in [0.2, 0.25) is 0 Å². The first kappa shape index (κ1) is 12.9. The molecule has 0 aliphatic heterocycles. The van der Waals surface area contributed by atoms with E-state index in [-0.39, 0.29) is 11.7 Å². The number of Topliss-reactive ketones (excluding diaryl/α,β-unsaturated/α-hetero) is 1. The molecule has 0 bridgehead atoms. The van der Waals surface area contributed by atoms with Crippen LogP contribution in [0.25, 0.3) is 11.4 Å². The van der Waals surface area contributed by atoms with Crippen LogP contribution < -0.4 is 0 Å². The summed E-state index contributed by atoms with van der Waals surface area (Å²) in [6, 6.07) is 1.84. The van der Waals surface area contributed by atoms with Gasteiger partial charge in [0.15, 0.2) is 0 Å². The second kappa shape index (κ2) is 5.39. The molecule has 0 amide bonds. The van der Waals surface area contributed by atoms with Gasteiger partial charge in [-0.2, -0.15) is 4.98 Å². The van der Waals surface area contributed by atoms with Gasteiger partial charge >= 0.3 is 0 Å². The van der Waals surface area contributed by atoms with Crippen LogP contribution in [-0.2, 0) is 4.79 Å². The number of carbonyl (C=O) groups is 1. The predicted octanol–water partition coefficient (Wildman–Crippen LogP) is 2.98. The highest BCUT2D eigenvalue weighted by atomic mass is 79.9. The Morgan fingerprint density at radius 1 is 1.50 bits per heavy atom. The first-order chi connectivity index (χ1) is 8.61. The van der Waals surface area contributed by atoms with E-state index in [2.05, 4.69) is 31.1 Å². The summed E-state index contributed by atoms with van der Waals surface area (Å²) in [5.41, 5.74) is 0.746. The zero-order valence-electron chi connectivity index (χ0n) is 10.1. The number of rotatable bonds is 4. The molecule has 0 N–H and O–H groups in total. The van der Waals surface area contributed by atoms with Gasteiger partial charge in [-0.25, -0.2) is 0 Å². The van der Waals surface area contributed by atoms with Gasteiger partial charge in [-0.1, -0.05) is 12.1 Å². The molecule has 0 aliphatic rings. The van der Waals surface area contributed by atoms with Crippen molar-refractivity contribution in [2.45, 2.75) is 26.2 Å². The molecular formula is C12H12BrN3O2. The van der Waals surface area contributed by atoms with Crippen LogP contribution in [0.3, 0.4) is 0 Å². The topological polar surface area (TPSA) is 68.9 Å². The van der Waals surface area contributed by atoms with Gasteiger partial charge in [0.1, 0.15) is 5.78 Å². The number of hydrogen-bond donors (Lipinski definition) is 0. The van der Waals surface area contributed by atoms with Crippen LogP contribution in [0, 0.1) is 0 Å². The quantitative estimate of drug-likeness (QED) is 0.868. The molecule has 1 unspecified atom stereocenters. The van der Waals surface area contributed by atoms with E-state index in [0.717, 1.165) is 10.0 Å². The highest BCUT2D eigenvalue weighted by Gasteiger charge is 2.20. The Morgan fingerprint density at radius 2 is 2.28 bits per heavy atom. The molecule has 0 radical (unpaired) electrons. The van der Waals surface area contributed by atoms with Gasteiger partial charge in [0.2, 0.25) is 11.7 Å². The maximum absolute atomic E-state index is 11.6. The van der Waals surface area contributed by atoms with Crippen molar-refractivity contribution in [2.24, 2.45) is 0 Å². The van der Waals surface area contributed by atoms with Crippen LogP contribution in [0.1, 0.15) is 32.1 Å². The summed E-state index contributed by atoms with van der Waals surface area (Å²) in [6.07, 6.45) is 3.77. The fourth-order valence-electron chi connectivity index (χ4n) is 1.51. The fraction of sp³-hybridized carbons (Fsp3) is 0.333. The lowest BCUT2D eigenvalue weighted by Gasteiger charge is -2.01. The summed E-state index contributed by atoms with van der Waals surface area (Å²) in [4.78, 5) is 19.8. The molecule has 2 rings (SSSR count). The maximum atomic E-state index is 11.6. The molecule has 2 heterocycles. The van der Waals surface area contributed by atoms with Crippen molar-refractivity contribution < 1.29 is 9.32 Å². The highest BCUT2D eigenvalue weighted by Crippen LogP contribution is 2.22. The van der Waals surface area contributed by atoms with Crippen LogP contribution in [0.15, 0.2) is 27.5 Å². The number of ketones is 1. The molecule has 1 atom stereocenters. The first-order valence-electron chi connectivity index (χ1n) is 5.59. The zero-order chi connectivity index (χ0) is 13.1. The monoisotopic (exact) mass is 309 g/mol. The summed E-state index contributed by atoms with van der Waals surface area (Å²) in [5, 5.41) is 3.87. The van der Waals surface area contributed by atoms with Gasteiger partial charge in [0.25, 0.3) is 0 Å². The predicted molar refractivity (Wildman–Crippen MR) is 68.9 cm³/mol. The lowest BCUT2D eigenvalue weighted by Crippen LogP contribution is -2.07. The number of hydrogen-bond acceptors (Lipinski definition) is 5. The van der Waals surface area contributed by atoms with Gasteiger partial charge in [-0.15, -0.1) is 0 Å². The Labute approximate surface area is 113 Å². The Hall–Kier alpha value is -1.56. The molecule has 0 fully saturated rings. The van der Waals surface area contributed by atoms with E-state index in [1.807, 2.05) is 13.0 Å². The number of halogens is 1. The number of aromatic nitrogens is 3. The van der Waals surface area contributed by atoms with Gasteiger partial charge in [-0.3, -0.25) is 9.78 Å². The lowest BCUT2D eigenvalue weighted by atomic mass is 10.1. The molecule has 0 spiro atoms. The van der Waals surface area contributed by atoms with Crippen molar-refractivity contribution >= 4 is 21.7 Å². The van der Waals surface area contributed by atoms with Crippen LogP contribution >= 0.6 is 15.9 Å². The van der Waals surface area contributed by atoms with E-state index >= 15 is 0 Å². The second-order valence-corrected chi connectivity index (χ2v) is 4.81. The Morgan fingerprint density at radius 3 is 2.94 bits per heavy atom. The van der Waals surface area contributed by atoms with Crippen LogP contribution in [0.5, 0.6) is 0 Å². The van der Waals surface area contributed by atoms with Crippen molar-refractivity contribution in [1.82, 2.24) is 15.1 Å². The van der Waals surface area contributed by atoms with Gasteiger partial charge in [-0.05, 0) is 28.9 Å². The first-order valence-corrected chi connectivity index (χ1v) is 6.38. The van der Waals surface area contributed by atoms with E-state index < -0.39 is 0 Å². The highest BCUT2D eigenvalue weighted by molar-refractivity contribution is 9.10. The third-order valence-corrected chi connectivity index (χ3v) is 3.04. The number of carbonyl (C=O) groups excluding carboxylic acids is 1. The average Bonchev–Trinajstić information content (AvgIpc) is 2.86. The minimum Gasteiger partial charge on any atom is -0.338 e. The molecule has 94 valence electrons. The summed E-state index contributed by atoms with van der Waals surface area (Å²) in [6.45, 7) is 3.58. The average molecular weight is 310 g/mol. The number of pyridine rings is 1. The molecule has 5 nitrogen and oxygen atoms in total. The Bertz CT molecular complexity index is 568. The van der Waals surface area contributed by atoms with Crippen LogP contribution in [0.4, 0.5) is 0 Å². The van der Waals surface area contributed by atoms with Crippen molar-refractivity contribution in [3.05, 3.63) is 28.8 Å². The molecule has 0 saturated heterocycles. The molecule has 6 heteroatoms. The maximum Gasteiger partial charge on any atom is 0.237 e. The molecule has 0 saturated carbocycles. The van der Waals surface area contributed by atoms with E-state index in [9.17, 15) is 4.79 Å². The van der Waals surface area contributed by atoms with Gasteiger partial charge < -0.3 is 4.52 Å². The minimum absolute atomic E-state index is 0.0811. The SMILES string of the molecule is CCC(=O)C(C)c1nc(-c2cncc(Br)c2)no1. The Kier molecular flexibility index (Phi) is 3.86. The van der Waals surface area contributed by atoms with Crippen molar-refractivity contribution in [3.8, 4) is 11.4 Å². The van der Waals surface area contributed by atoms with Crippen molar-refractivity contribution in [2.75, 3.05) is 0 Å². The standard InChI is InChI=1S/C12H12BrN3O2/c1-3-10(17)7(2)12-15-11(16-18-12)8-4-9(13)6-14-5-8/h4-7H,3H2,1-2H3. The van der Waals surface area contributed by atoms with Crippen molar-refractivity contribution in [1.29, 1.82) is 0 Å². The lowest BCUT2D eigenvalue weighted by molar-refractivity contribution is -0.120. The molecular weight excluding hydrogens is 298 g/mol. The Balaban J connectivity index is 2.28. The van der Waals surface area contributed by atoms with E-state index in [1.54, 1.807) is 19.3 Å². The second-order valence-electron chi connectivity index (χ2n) is 3.89. The summed E-state index contributed by atoms with van der Waals surface area (Å²) in [7, 11) is 0.